The molecule has 2 heterocycles. The van der Waals surface area contributed by atoms with Gasteiger partial charge in [0.2, 0.25) is 0 Å². The van der Waals surface area contributed by atoms with Gasteiger partial charge in [-0.3, -0.25) is 0 Å². The summed E-state index contributed by atoms with van der Waals surface area (Å²) in [4.78, 5) is 28.5. The van der Waals surface area contributed by atoms with E-state index in [4.69, 9.17) is 4.74 Å². The van der Waals surface area contributed by atoms with Crippen molar-refractivity contribution >= 4 is 23.3 Å². The van der Waals surface area contributed by atoms with Crippen LogP contribution in [0.3, 0.4) is 0 Å². The van der Waals surface area contributed by atoms with Gasteiger partial charge in [-0.15, -0.1) is 11.3 Å². The van der Waals surface area contributed by atoms with Gasteiger partial charge in [-0.2, -0.15) is 0 Å². The molecule has 1 aliphatic heterocycles. The maximum absolute atomic E-state index is 12.8. The van der Waals surface area contributed by atoms with Crippen LogP contribution in [0.5, 0.6) is 0 Å². The van der Waals surface area contributed by atoms with E-state index in [2.05, 4.69) is 12.2 Å². The molecular formula is C17H26N2O4S. The van der Waals surface area contributed by atoms with Gasteiger partial charge in [-0.1, -0.05) is 13.3 Å². The van der Waals surface area contributed by atoms with Crippen molar-refractivity contribution in [2.24, 2.45) is 0 Å². The number of carboxylic acid groups (broad SMARTS) is 1. The number of aliphatic carboxylic acids is 1. The maximum Gasteiger partial charge on any atom is 0.329 e. The van der Waals surface area contributed by atoms with Crippen molar-refractivity contribution in [3.05, 3.63) is 21.9 Å². The summed E-state index contributed by atoms with van der Waals surface area (Å²) in [6, 6.07) is 3.75. The molecule has 1 aromatic rings. The zero-order valence-electron chi connectivity index (χ0n) is 14.3. The smallest absolute Gasteiger partial charge is 0.329 e. The van der Waals surface area contributed by atoms with Gasteiger partial charge in [-0.05, 0) is 25.5 Å². The van der Waals surface area contributed by atoms with Crippen LogP contribution in [-0.4, -0.2) is 47.3 Å². The third-order valence-corrected chi connectivity index (χ3v) is 5.30. The molecule has 1 saturated heterocycles. The molecule has 1 aliphatic rings. The van der Waals surface area contributed by atoms with Gasteiger partial charge >= 0.3 is 12.0 Å². The molecule has 0 atom stereocenters. The Morgan fingerprint density at radius 3 is 2.62 bits per heavy atom. The first kappa shape index (κ1) is 18.7. The summed E-state index contributed by atoms with van der Waals surface area (Å²) in [7, 11) is 0. The number of carboxylic acids is 1. The first-order chi connectivity index (χ1) is 11.5. The number of rotatable bonds is 7. The van der Waals surface area contributed by atoms with Crippen molar-refractivity contribution in [3.63, 3.8) is 0 Å². The quantitative estimate of drug-likeness (QED) is 0.789. The summed E-state index contributed by atoms with van der Waals surface area (Å²) < 4.78 is 5.25. The fourth-order valence-electron chi connectivity index (χ4n) is 2.76. The van der Waals surface area contributed by atoms with Crippen LogP contribution in [0.1, 0.15) is 42.4 Å². The highest BCUT2D eigenvalue weighted by Crippen LogP contribution is 2.23. The van der Waals surface area contributed by atoms with Crippen LogP contribution in [0.2, 0.25) is 0 Å². The number of aryl methyl sites for hydroxylation is 1. The van der Waals surface area contributed by atoms with Crippen LogP contribution in [-0.2, 0) is 16.1 Å². The predicted molar refractivity (Wildman–Crippen MR) is 93.3 cm³/mol. The molecule has 0 saturated carbocycles. The highest BCUT2D eigenvalue weighted by Gasteiger charge is 2.42. The SMILES string of the molecule is CCCCN(Cc1ccc(C)s1)C(=O)NC1(C(=O)O)CCOCC1. The lowest BCUT2D eigenvalue weighted by Crippen LogP contribution is -2.60. The molecule has 0 radical (unpaired) electrons. The summed E-state index contributed by atoms with van der Waals surface area (Å²) in [5.41, 5.74) is -1.22. The van der Waals surface area contributed by atoms with Gasteiger partial charge < -0.3 is 20.1 Å². The van der Waals surface area contributed by atoms with Crippen molar-refractivity contribution in [3.8, 4) is 0 Å². The molecule has 2 amide bonds. The number of unbranched alkanes of at least 4 members (excludes halogenated alkanes) is 1. The Balaban J connectivity index is 2.09. The average Bonchev–Trinajstić information content (AvgIpc) is 2.97. The molecular weight excluding hydrogens is 328 g/mol. The normalized spacial score (nSPS) is 16.6. The minimum absolute atomic E-state index is 0.299. The van der Waals surface area contributed by atoms with E-state index in [0.717, 1.165) is 17.7 Å². The van der Waals surface area contributed by atoms with Crippen LogP contribution in [0.15, 0.2) is 12.1 Å². The van der Waals surface area contributed by atoms with Crippen LogP contribution in [0, 0.1) is 6.92 Å². The molecule has 0 spiro atoms. The third-order valence-electron chi connectivity index (χ3n) is 4.31. The molecule has 2 rings (SSSR count). The van der Waals surface area contributed by atoms with Gasteiger partial charge in [0.15, 0.2) is 0 Å². The number of ether oxygens (including phenoxy) is 1. The lowest BCUT2D eigenvalue weighted by molar-refractivity contribution is -0.148. The Bertz CT molecular complexity index is 567. The van der Waals surface area contributed by atoms with Crippen molar-refractivity contribution in [1.82, 2.24) is 10.2 Å². The topological polar surface area (TPSA) is 78.9 Å². The zero-order valence-corrected chi connectivity index (χ0v) is 15.2. The summed E-state index contributed by atoms with van der Waals surface area (Å²) in [6.45, 7) is 5.94. The van der Waals surface area contributed by atoms with E-state index >= 15 is 0 Å². The molecule has 0 unspecified atom stereocenters. The Kier molecular flexibility index (Phi) is 6.62. The summed E-state index contributed by atoms with van der Waals surface area (Å²) in [5, 5.41) is 12.4. The van der Waals surface area contributed by atoms with Gasteiger partial charge in [0.05, 0.1) is 6.54 Å². The summed E-state index contributed by atoms with van der Waals surface area (Å²) in [6.07, 6.45) is 2.47. The second kappa shape index (κ2) is 8.48. The number of urea groups is 1. The average molecular weight is 354 g/mol. The number of carbonyl (C=O) groups excluding carboxylic acids is 1. The van der Waals surface area contributed by atoms with E-state index in [-0.39, 0.29) is 6.03 Å². The molecule has 24 heavy (non-hydrogen) atoms. The summed E-state index contributed by atoms with van der Waals surface area (Å²) in [5.74, 6) is -0.985. The third kappa shape index (κ3) is 4.70. The van der Waals surface area contributed by atoms with E-state index in [1.54, 1.807) is 16.2 Å². The molecule has 6 nitrogen and oxygen atoms in total. The fourth-order valence-corrected chi connectivity index (χ4v) is 3.66. The number of hydrogen-bond acceptors (Lipinski definition) is 4. The molecule has 0 aliphatic carbocycles. The van der Waals surface area contributed by atoms with E-state index in [1.165, 1.54) is 4.88 Å². The Hall–Kier alpha value is -1.60. The van der Waals surface area contributed by atoms with Gasteiger partial charge in [0, 0.05) is 42.4 Å². The predicted octanol–water partition coefficient (Wildman–Crippen LogP) is 3.00. The van der Waals surface area contributed by atoms with Gasteiger partial charge in [-0.25, -0.2) is 9.59 Å². The van der Waals surface area contributed by atoms with Gasteiger partial charge in [0.25, 0.3) is 0 Å². The standard InChI is InChI=1S/C17H26N2O4S/c1-3-4-9-19(12-14-6-5-13(2)24-14)16(22)18-17(15(20)21)7-10-23-11-8-17/h5-6H,3-4,7-12H2,1-2H3,(H,18,22)(H,20,21). The number of amides is 2. The number of hydrogen-bond donors (Lipinski definition) is 2. The number of nitrogens with one attached hydrogen (secondary N) is 1. The fraction of sp³-hybridized carbons (Fsp3) is 0.647. The first-order valence-electron chi connectivity index (χ1n) is 8.40. The minimum Gasteiger partial charge on any atom is -0.480 e. The lowest BCUT2D eigenvalue weighted by Gasteiger charge is -2.36. The zero-order chi connectivity index (χ0) is 17.6. The lowest BCUT2D eigenvalue weighted by atomic mass is 9.90. The van der Waals surface area contributed by atoms with Crippen molar-refractivity contribution in [2.75, 3.05) is 19.8 Å². The van der Waals surface area contributed by atoms with Crippen LogP contribution >= 0.6 is 11.3 Å². The van der Waals surface area contributed by atoms with E-state index in [1.807, 2.05) is 19.1 Å². The molecule has 1 aromatic heterocycles. The monoisotopic (exact) mass is 354 g/mol. The first-order valence-corrected chi connectivity index (χ1v) is 9.22. The summed E-state index contributed by atoms with van der Waals surface area (Å²) >= 11 is 1.66. The second-order valence-corrected chi connectivity index (χ2v) is 7.59. The molecule has 1 fully saturated rings. The Morgan fingerprint density at radius 1 is 1.38 bits per heavy atom. The number of nitrogens with zero attached hydrogens (tertiary/aromatic N) is 1. The Labute approximate surface area is 146 Å². The van der Waals surface area contributed by atoms with E-state index in [9.17, 15) is 14.7 Å². The molecule has 2 N–H and O–H groups in total. The second-order valence-electron chi connectivity index (χ2n) is 6.22. The van der Waals surface area contributed by atoms with Crippen LogP contribution < -0.4 is 5.32 Å². The minimum atomic E-state index is -1.22. The molecule has 0 bridgehead atoms. The van der Waals surface area contributed by atoms with Crippen molar-refractivity contribution in [2.45, 2.75) is 51.6 Å². The van der Waals surface area contributed by atoms with Crippen molar-refractivity contribution < 1.29 is 19.4 Å². The van der Waals surface area contributed by atoms with Crippen LogP contribution in [0.25, 0.3) is 0 Å². The Morgan fingerprint density at radius 2 is 2.08 bits per heavy atom. The largest absolute Gasteiger partial charge is 0.480 e. The molecule has 134 valence electrons. The molecule has 0 aromatic carbocycles. The molecule has 7 heteroatoms. The highest BCUT2D eigenvalue weighted by molar-refractivity contribution is 7.11. The maximum atomic E-state index is 12.8. The highest BCUT2D eigenvalue weighted by atomic mass is 32.1. The van der Waals surface area contributed by atoms with Crippen molar-refractivity contribution in [1.29, 1.82) is 0 Å². The van der Waals surface area contributed by atoms with E-state index < -0.39 is 11.5 Å². The van der Waals surface area contributed by atoms with Crippen LogP contribution in [0.4, 0.5) is 4.79 Å². The van der Waals surface area contributed by atoms with Gasteiger partial charge in [0.1, 0.15) is 5.54 Å². The number of thiophene rings is 1. The number of carbonyl (C=O) groups is 2. The van der Waals surface area contributed by atoms with E-state index in [0.29, 0.717) is 39.1 Å².